The molecule has 0 radical (unpaired) electrons. The highest BCUT2D eigenvalue weighted by Gasteiger charge is 2.31. The van der Waals surface area contributed by atoms with Crippen LogP contribution in [0.15, 0.2) is 47.8 Å². The second-order valence-corrected chi connectivity index (χ2v) is 4.34. The summed E-state index contributed by atoms with van der Waals surface area (Å²) < 4.78 is 0. The van der Waals surface area contributed by atoms with E-state index in [0.717, 1.165) is 5.56 Å². The fraction of sp³-hybridized carbons (Fsp3) is 0.214. The summed E-state index contributed by atoms with van der Waals surface area (Å²) in [7, 11) is 0. The maximum atomic E-state index is 11.8. The van der Waals surface area contributed by atoms with E-state index < -0.39 is 4.92 Å². The van der Waals surface area contributed by atoms with Crippen LogP contribution in [-0.2, 0) is 4.79 Å². The molecular formula is C14H15N3O3. The van der Waals surface area contributed by atoms with Gasteiger partial charge in [0.15, 0.2) is 5.78 Å². The monoisotopic (exact) mass is 273 g/mol. The SMILES string of the molecule is CCN1C=C([N+](=O)[O-])C(C(C)=O)=C(c2ccccc2)N1. The van der Waals surface area contributed by atoms with Gasteiger partial charge in [-0.15, -0.1) is 0 Å². The summed E-state index contributed by atoms with van der Waals surface area (Å²) in [6.45, 7) is 3.74. The van der Waals surface area contributed by atoms with Crippen molar-refractivity contribution < 1.29 is 9.72 Å². The Bertz CT molecular complexity index is 605. The number of rotatable bonds is 4. The molecule has 2 rings (SSSR count). The number of Topliss-reactive ketones (excluding diaryl/α,β-unsaturated/α-hetero) is 1. The summed E-state index contributed by atoms with van der Waals surface area (Å²) in [4.78, 5) is 22.5. The van der Waals surface area contributed by atoms with Crippen molar-refractivity contribution >= 4 is 11.5 Å². The number of hydrazine groups is 1. The number of nitrogens with one attached hydrogen (secondary N) is 1. The highest BCUT2D eigenvalue weighted by atomic mass is 16.6. The van der Waals surface area contributed by atoms with Crippen LogP contribution in [0.4, 0.5) is 0 Å². The van der Waals surface area contributed by atoms with Gasteiger partial charge in [0.25, 0.3) is 5.70 Å². The van der Waals surface area contributed by atoms with Crippen molar-refractivity contribution in [1.82, 2.24) is 10.4 Å². The first-order valence-electron chi connectivity index (χ1n) is 6.25. The van der Waals surface area contributed by atoms with E-state index in [1.165, 1.54) is 13.1 Å². The Morgan fingerprint density at radius 2 is 2.00 bits per heavy atom. The van der Waals surface area contributed by atoms with Crippen LogP contribution in [0.5, 0.6) is 0 Å². The van der Waals surface area contributed by atoms with Crippen LogP contribution >= 0.6 is 0 Å². The van der Waals surface area contributed by atoms with Gasteiger partial charge < -0.3 is 0 Å². The topological polar surface area (TPSA) is 75.5 Å². The zero-order chi connectivity index (χ0) is 14.7. The molecule has 1 N–H and O–H groups in total. The van der Waals surface area contributed by atoms with Gasteiger partial charge in [-0.2, -0.15) is 0 Å². The zero-order valence-electron chi connectivity index (χ0n) is 11.3. The van der Waals surface area contributed by atoms with E-state index in [-0.39, 0.29) is 17.1 Å². The zero-order valence-corrected chi connectivity index (χ0v) is 11.3. The van der Waals surface area contributed by atoms with Crippen molar-refractivity contribution in [1.29, 1.82) is 0 Å². The van der Waals surface area contributed by atoms with Gasteiger partial charge in [-0.25, -0.2) is 0 Å². The van der Waals surface area contributed by atoms with E-state index >= 15 is 0 Å². The van der Waals surface area contributed by atoms with E-state index in [1.807, 2.05) is 37.3 Å². The van der Waals surface area contributed by atoms with E-state index in [4.69, 9.17) is 0 Å². The molecule has 0 atom stereocenters. The number of nitro groups is 1. The number of hydrogen-bond acceptors (Lipinski definition) is 5. The van der Waals surface area contributed by atoms with E-state index in [1.54, 1.807) is 5.01 Å². The first-order chi connectivity index (χ1) is 9.54. The van der Waals surface area contributed by atoms with Crippen LogP contribution in [-0.4, -0.2) is 22.3 Å². The van der Waals surface area contributed by atoms with Gasteiger partial charge in [0, 0.05) is 12.1 Å². The van der Waals surface area contributed by atoms with E-state index in [0.29, 0.717) is 12.2 Å². The molecule has 1 aliphatic heterocycles. The van der Waals surface area contributed by atoms with Crippen molar-refractivity contribution in [2.24, 2.45) is 0 Å². The molecule has 0 unspecified atom stereocenters. The average Bonchev–Trinajstić information content (AvgIpc) is 2.46. The van der Waals surface area contributed by atoms with Crippen LogP contribution in [0.1, 0.15) is 19.4 Å². The maximum Gasteiger partial charge on any atom is 0.299 e. The average molecular weight is 273 g/mol. The Morgan fingerprint density at radius 3 is 2.50 bits per heavy atom. The highest BCUT2D eigenvalue weighted by molar-refractivity contribution is 6.04. The van der Waals surface area contributed by atoms with Crippen LogP contribution in [0.2, 0.25) is 0 Å². The summed E-state index contributed by atoms with van der Waals surface area (Å²) in [6, 6.07) is 9.11. The Kier molecular flexibility index (Phi) is 3.84. The van der Waals surface area contributed by atoms with Crippen molar-refractivity contribution in [3.8, 4) is 0 Å². The summed E-state index contributed by atoms with van der Waals surface area (Å²) in [5, 5.41) is 12.8. The molecule has 6 heteroatoms. The summed E-state index contributed by atoms with van der Waals surface area (Å²) in [5.74, 6) is -0.338. The Morgan fingerprint density at radius 1 is 1.35 bits per heavy atom. The standard InChI is InChI=1S/C14H15N3O3/c1-3-16-9-12(17(19)20)13(10(2)18)14(15-16)11-7-5-4-6-8-11/h4-9,15H,3H2,1-2H3. The second-order valence-electron chi connectivity index (χ2n) is 4.34. The Labute approximate surface area is 116 Å². The highest BCUT2D eigenvalue weighted by Crippen LogP contribution is 2.27. The molecule has 0 aromatic heterocycles. The van der Waals surface area contributed by atoms with Crippen LogP contribution in [0, 0.1) is 10.1 Å². The number of nitrogens with zero attached hydrogens (tertiary/aromatic N) is 2. The molecule has 104 valence electrons. The van der Waals surface area contributed by atoms with Crippen LogP contribution in [0.25, 0.3) is 5.70 Å². The predicted molar refractivity (Wildman–Crippen MR) is 74.6 cm³/mol. The first-order valence-corrected chi connectivity index (χ1v) is 6.25. The molecule has 0 aliphatic carbocycles. The van der Waals surface area contributed by atoms with Gasteiger partial charge in [0.1, 0.15) is 5.57 Å². The fourth-order valence-corrected chi connectivity index (χ4v) is 2.05. The molecule has 0 saturated carbocycles. The summed E-state index contributed by atoms with van der Waals surface area (Å²) >= 11 is 0. The quantitative estimate of drug-likeness (QED) is 0.670. The number of carbonyl (C=O) groups is 1. The molecular weight excluding hydrogens is 258 g/mol. The van der Waals surface area contributed by atoms with Gasteiger partial charge in [-0.05, 0) is 13.8 Å². The number of ketones is 1. The fourth-order valence-electron chi connectivity index (χ4n) is 2.05. The van der Waals surface area contributed by atoms with E-state index in [2.05, 4.69) is 5.43 Å². The number of hydrogen-bond donors (Lipinski definition) is 1. The normalized spacial score (nSPS) is 14.7. The minimum atomic E-state index is -0.525. The largest absolute Gasteiger partial charge is 0.299 e. The number of benzene rings is 1. The van der Waals surface area contributed by atoms with Gasteiger partial charge in [0.2, 0.25) is 0 Å². The van der Waals surface area contributed by atoms with Gasteiger partial charge in [0.05, 0.1) is 16.8 Å². The predicted octanol–water partition coefficient (Wildman–Crippen LogP) is 1.94. The van der Waals surface area contributed by atoms with Crippen LogP contribution in [0.3, 0.4) is 0 Å². The first kappa shape index (κ1) is 13.8. The van der Waals surface area contributed by atoms with Crippen molar-refractivity contribution in [2.75, 3.05) is 6.54 Å². The van der Waals surface area contributed by atoms with Crippen LogP contribution < -0.4 is 5.43 Å². The molecule has 0 amide bonds. The lowest BCUT2D eigenvalue weighted by atomic mass is 10.0. The minimum absolute atomic E-state index is 0.103. The molecule has 20 heavy (non-hydrogen) atoms. The lowest BCUT2D eigenvalue weighted by Gasteiger charge is -2.28. The molecule has 0 spiro atoms. The summed E-state index contributed by atoms with van der Waals surface area (Å²) in [6.07, 6.45) is 1.35. The third kappa shape index (κ3) is 2.54. The van der Waals surface area contributed by atoms with Crippen molar-refractivity contribution in [2.45, 2.75) is 13.8 Å². The summed E-state index contributed by atoms with van der Waals surface area (Å²) in [5.41, 5.74) is 4.17. The Balaban J connectivity index is 2.63. The minimum Gasteiger partial charge on any atom is -0.297 e. The van der Waals surface area contributed by atoms with Gasteiger partial charge in [-0.3, -0.25) is 25.3 Å². The van der Waals surface area contributed by atoms with Crippen molar-refractivity contribution in [3.63, 3.8) is 0 Å². The molecule has 0 bridgehead atoms. The van der Waals surface area contributed by atoms with E-state index in [9.17, 15) is 14.9 Å². The number of allylic oxidation sites excluding steroid dienone is 1. The molecule has 1 aromatic carbocycles. The lowest BCUT2D eigenvalue weighted by molar-refractivity contribution is -0.421. The second kappa shape index (κ2) is 5.56. The molecule has 1 aliphatic rings. The lowest BCUT2D eigenvalue weighted by Crippen LogP contribution is -2.38. The molecule has 1 heterocycles. The molecule has 6 nitrogen and oxygen atoms in total. The third-order valence-electron chi connectivity index (χ3n) is 2.99. The molecule has 1 aromatic rings. The smallest absolute Gasteiger partial charge is 0.297 e. The molecule has 0 fully saturated rings. The maximum absolute atomic E-state index is 11.8. The Hall–Kier alpha value is -2.63. The van der Waals surface area contributed by atoms with Crippen molar-refractivity contribution in [3.05, 3.63) is 63.5 Å². The van der Waals surface area contributed by atoms with Gasteiger partial charge >= 0.3 is 0 Å². The number of carbonyl (C=O) groups excluding carboxylic acids is 1. The van der Waals surface area contributed by atoms with Gasteiger partial charge in [-0.1, -0.05) is 30.3 Å². The third-order valence-corrected chi connectivity index (χ3v) is 2.99. The molecule has 0 saturated heterocycles.